The normalized spacial score (nSPS) is 17.7. The monoisotopic (exact) mass is 380 g/mol. The molecule has 4 rings (SSSR count). The Hall–Kier alpha value is -3.02. The number of hydrogen-bond donors (Lipinski definition) is 0. The number of nitrogens with zero attached hydrogens (tertiary/aromatic N) is 4. The van der Waals surface area contributed by atoms with Crippen LogP contribution >= 0.6 is 0 Å². The van der Waals surface area contributed by atoms with E-state index in [0.717, 1.165) is 5.56 Å². The molecule has 1 aromatic heterocycles. The molecule has 2 heterocycles. The zero-order valence-electron chi connectivity index (χ0n) is 14.3. The van der Waals surface area contributed by atoms with E-state index in [1.54, 1.807) is 0 Å². The lowest BCUT2D eigenvalue weighted by molar-refractivity contribution is 0.440. The predicted octanol–water partition coefficient (Wildman–Crippen LogP) is 2.79. The molecule has 0 aliphatic carbocycles. The van der Waals surface area contributed by atoms with Crippen molar-refractivity contribution in [3.8, 4) is 17.5 Å². The van der Waals surface area contributed by atoms with Gasteiger partial charge in [-0.3, -0.25) is 0 Å². The molecule has 0 bridgehead atoms. The van der Waals surface area contributed by atoms with Crippen molar-refractivity contribution in [2.24, 2.45) is 0 Å². The van der Waals surface area contributed by atoms with Crippen LogP contribution < -0.4 is 0 Å². The molecule has 2 aromatic carbocycles. The summed E-state index contributed by atoms with van der Waals surface area (Å²) in [5.74, 6) is 0.744. The summed E-state index contributed by atoms with van der Waals surface area (Å²) < 4.78 is 32.8. The molecule has 136 valence electrons. The first-order chi connectivity index (χ1) is 13.1. The first kappa shape index (κ1) is 17.4. The fraction of sp³-hybridized carbons (Fsp3) is 0.211. The van der Waals surface area contributed by atoms with E-state index in [9.17, 15) is 8.42 Å². The minimum absolute atomic E-state index is 0.136. The Morgan fingerprint density at radius 3 is 2.52 bits per heavy atom. The molecular weight excluding hydrogens is 364 g/mol. The molecule has 8 heteroatoms. The second-order valence-electron chi connectivity index (χ2n) is 6.30. The molecule has 0 radical (unpaired) electrons. The summed E-state index contributed by atoms with van der Waals surface area (Å²) in [5, 5.41) is 17.0. The third kappa shape index (κ3) is 3.35. The van der Waals surface area contributed by atoms with Crippen LogP contribution in [0.2, 0.25) is 0 Å². The Balaban J connectivity index is 1.51. The van der Waals surface area contributed by atoms with Gasteiger partial charge in [-0.05, 0) is 42.8 Å². The van der Waals surface area contributed by atoms with E-state index in [1.165, 1.54) is 28.6 Å². The summed E-state index contributed by atoms with van der Waals surface area (Å²) in [7, 11) is -3.62. The first-order valence-electron chi connectivity index (χ1n) is 8.47. The lowest BCUT2D eigenvalue weighted by Gasteiger charge is -2.16. The number of nitriles is 1. The zero-order valence-corrected chi connectivity index (χ0v) is 15.1. The Bertz CT molecular complexity index is 1090. The quantitative estimate of drug-likeness (QED) is 0.690. The molecule has 0 saturated carbocycles. The Morgan fingerprint density at radius 2 is 1.81 bits per heavy atom. The van der Waals surface area contributed by atoms with Gasteiger partial charge < -0.3 is 4.42 Å². The maximum Gasteiger partial charge on any atom is 0.247 e. The van der Waals surface area contributed by atoms with E-state index < -0.39 is 10.0 Å². The fourth-order valence-electron chi connectivity index (χ4n) is 3.10. The van der Waals surface area contributed by atoms with E-state index in [0.29, 0.717) is 36.9 Å². The topological polar surface area (TPSA) is 100 Å². The van der Waals surface area contributed by atoms with Crippen LogP contribution in [0.15, 0.2) is 63.9 Å². The van der Waals surface area contributed by atoms with Crippen molar-refractivity contribution in [2.75, 3.05) is 13.1 Å². The molecule has 1 atom stereocenters. The highest BCUT2D eigenvalue weighted by Crippen LogP contribution is 2.31. The average molecular weight is 380 g/mol. The van der Waals surface area contributed by atoms with Crippen LogP contribution in [0.3, 0.4) is 0 Å². The highest BCUT2D eigenvalue weighted by Gasteiger charge is 2.35. The summed E-state index contributed by atoms with van der Waals surface area (Å²) in [6.45, 7) is 0.675. The smallest absolute Gasteiger partial charge is 0.247 e. The van der Waals surface area contributed by atoms with Crippen LogP contribution in [-0.4, -0.2) is 36.0 Å². The summed E-state index contributed by atoms with van der Waals surface area (Å²) in [5.41, 5.74) is 1.25. The third-order valence-electron chi connectivity index (χ3n) is 4.58. The molecular formula is C19H16N4O3S. The molecule has 1 fully saturated rings. The molecule has 1 saturated heterocycles. The van der Waals surface area contributed by atoms with Crippen molar-refractivity contribution >= 4 is 10.0 Å². The van der Waals surface area contributed by atoms with Gasteiger partial charge in [-0.1, -0.05) is 18.2 Å². The Morgan fingerprint density at radius 1 is 1.07 bits per heavy atom. The van der Waals surface area contributed by atoms with Crippen molar-refractivity contribution < 1.29 is 12.8 Å². The lowest BCUT2D eigenvalue weighted by Crippen LogP contribution is -2.28. The average Bonchev–Trinajstić information content (AvgIpc) is 3.38. The van der Waals surface area contributed by atoms with Gasteiger partial charge in [0.15, 0.2) is 0 Å². The number of rotatable bonds is 4. The summed E-state index contributed by atoms with van der Waals surface area (Å²) >= 11 is 0. The summed E-state index contributed by atoms with van der Waals surface area (Å²) in [4.78, 5) is 0.178. The number of sulfonamides is 1. The second-order valence-corrected chi connectivity index (χ2v) is 8.23. The summed E-state index contributed by atoms with van der Waals surface area (Å²) in [6, 6.07) is 17.4. The van der Waals surface area contributed by atoms with Crippen molar-refractivity contribution in [3.63, 3.8) is 0 Å². The Kier molecular flexibility index (Phi) is 4.48. The molecule has 7 nitrogen and oxygen atoms in total. The van der Waals surface area contributed by atoms with Gasteiger partial charge in [0, 0.05) is 18.7 Å². The molecule has 0 unspecified atom stereocenters. The van der Waals surface area contributed by atoms with Gasteiger partial charge in [0.25, 0.3) is 0 Å². The van der Waals surface area contributed by atoms with Gasteiger partial charge in [0.2, 0.25) is 21.8 Å². The van der Waals surface area contributed by atoms with E-state index in [2.05, 4.69) is 10.2 Å². The highest BCUT2D eigenvalue weighted by atomic mass is 32.2. The van der Waals surface area contributed by atoms with Crippen LogP contribution in [0.1, 0.15) is 23.8 Å². The van der Waals surface area contributed by atoms with E-state index >= 15 is 0 Å². The highest BCUT2D eigenvalue weighted by molar-refractivity contribution is 7.89. The molecule has 0 N–H and O–H groups in total. The summed E-state index contributed by atoms with van der Waals surface area (Å²) in [6.07, 6.45) is 0.617. The van der Waals surface area contributed by atoms with Gasteiger partial charge >= 0.3 is 0 Å². The second kappa shape index (κ2) is 6.95. The zero-order chi connectivity index (χ0) is 18.9. The van der Waals surface area contributed by atoms with Crippen LogP contribution in [-0.2, 0) is 10.0 Å². The van der Waals surface area contributed by atoms with E-state index in [4.69, 9.17) is 9.68 Å². The minimum Gasteiger partial charge on any atom is -0.420 e. The number of hydrogen-bond acceptors (Lipinski definition) is 6. The van der Waals surface area contributed by atoms with Crippen molar-refractivity contribution in [3.05, 3.63) is 66.1 Å². The predicted molar refractivity (Wildman–Crippen MR) is 97.0 cm³/mol. The SMILES string of the molecule is N#Cc1ccc(S(=O)(=O)N2CC[C@H](c3nnc(-c4ccccc4)o3)C2)cc1. The van der Waals surface area contributed by atoms with E-state index in [1.807, 2.05) is 36.4 Å². The number of aromatic nitrogens is 2. The van der Waals surface area contributed by atoms with Crippen molar-refractivity contribution in [1.29, 1.82) is 5.26 Å². The van der Waals surface area contributed by atoms with Gasteiger partial charge in [-0.15, -0.1) is 10.2 Å². The number of benzene rings is 2. The standard InChI is InChI=1S/C19H16N4O3S/c20-12-14-6-8-17(9-7-14)27(24,25)23-11-10-16(13-23)19-22-21-18(26-19)15-4-2-1-3-5-15/h1-9,16H,10-11,13H2/t16-/m0/s1. The third-order valence-corrected chi connectivity index (χ3v) is 6.46. The maximum atomic E-state index is 12.8. The molecule has 0 amide bonds. The minimum atomic E-state index is -3.62. The van der Waals surface area contributed by atoms with Crippen molar-refractivity contribution in [1.82, 2.24) is 14.5 Å². The van der Waals surface area contributed by atoms with E-state index in [-0.39, 0.29) is 10.8 Å². The van der Waals surface area contributed by atoms with Crippen LogP contribution in [0.4, 0.5) is 0 Å². The van der Waals surface area contributed by atoms with Crippen LogP contribution in [0.25, 0.3) is 11.5 Å². The largest absolute Gasteiger partial charge is 0.420 e. The van der Waals surface area contributed by atoms with Gasteiger partial charge in [-0.25, -0.2) is 8.42 Å². The van der Waals surface area contributed by atoms with Crippen LogP contribution in [0.5, 0.6) is 0 Å². The lowest BCUT2D eigenvalue weighted by atomic mass is 10.1. The Labute approximate surface area is 156 Å². The van der Waals surface area contributed by atoms with Crippen molar-refractivity contribution in [2.45, 2.75) is 17.2 Å². The molecule has 1 aliphatic rings. The van der Waals surface area contributed by atoms with Gasteiger partial charge in [0.1, 0.15) is 0 Å². The molecule has 1 aliphatic heterocycles. The van der Waals surface area contributed by atoms with Gasteiger partial charge in [0.05, 0.1) is 22.4 Å². The van der Waals surface area contributed by atoms with Crippen LogP contribution in [0, 0.1) is 11.3 Å². The van der Waals surface area contributed by atoms with Gasteiger partial charge in [-0.2, -0.15) is 9.57 Å². The molecule has 0 spiro atoms. The maximum absolute atomic E-state index is 12.8. The molecule has 27 heavy (non-hydrogen) atoms. The fourth-order valence-corrected chi connectivity index (χ4v) is 4.60. The molecule has 3 aromatic rings. The first-order valence-corrected chi connectivity index (χ1v) is 9.91.